The van der Waals surface area contributed by atoms with Crippen molar-refractivity contribution < 1.29 is 9.59 Å². The fraction of sp³-hybridized carbons (Fsp3) is 0.385. The van der Waals surface area contributed by atoms with Crippen molar-refractivity contribution in [1.82, 2.24) is 5.32 Å². The van der Waals surface area contributed by atoms with Gasteiger partial charge in [-0.3, -0.25) is 9.59 Å². The lowest BCUT2D eigenvalue weighted by Crippen LogP contribution is -2.25. The SMILES string of the molecule is CCC(=O)Nc1cccc(NC(=O)CNC)c1C. The number of anilines is 2. The molecule has 0 saturated heterocycles. The average Bonchev–Trinajstić information content (AvgIpc) is 2.34. The first-order valence-electron chi connectivity index (χ1n) is 5.92. The van der Waals surface area contributed by atoms with E-state index in [4.69, 9.17) is 0 Å². The van der Waals surface area contributed by atoms with Gasteiger partial charge in [-0.25, -0.2) is 0 Å². The van der Waals surface area contributed by atoms with Gasteiger partial charge < -0.3 is 16.0 Å². The third-order valence-corrected chi connectivity index (χ3v) is 2.54. The van der Waals surface area contributed by atoms with Crippen molar-refractivity contribution >= 4 is 23.2 Å². The molecule has 0 spiro atoms. The predicted molar refractivity (Wildman–Crippen MR) is 72.7 cm³/mol. The highest BCUT2D eigenvalue weighted by molar-refractivity contribution is 5.96. The normalized spacial score (nSPS) is 9.94. The minimum atomic E-state index is -0.112. The lowest BCUT2D eigenvalue weighted by molar-refractivity contribution is -0.116. The third kappa shape index (κ3) is 3.85. The molecule has 2 amide bonds. The Hall–Kier alpha value is -1.88. The summed E-state index contributed by atoms with van der Waals surface area (Å²) in [6.07, 6.45) is 0.426. The number of hydrogen-bond donors (Lipinski definition) is 3. The Labute approximate surface area is 107 Å². The number of hydrogen-bond acceptors (Lipinski definition) is 3. The highest BCUT2D eigenvalue weighted by Gasteiger charge is 2.08. The minimum Gasteiger partial charge on any atom is -0.326 e. The van der Waals surface area contributed by atoms with Gasteiger partial charge in [-0.1, -0.05) is 13.0 Å². The van der Waals surface area contributed by atoms with Gasteiger partial charge in [-0.05, 0) is 31.7 Å². The van der Waals surface area contributed by atoms with Crippen LogP contribution in [0.4, 0.5) is 11.4 Å². The molecule has 1 rings (SSSR count). The summed E-state index contributed by atoms with van der Waals surface area (Å²) >= 11 is 0. The zero-order valence-corrected chi connectivity index (χ0v) is 11.0. The third-order valence-electron chi connectivity index (χ3n) is 2.54. The molecular formula is C13H19N3O2. The van der Waals surface area contributed by atoms with Crippen LogP contribution in [-0.2, 0) is 9.59 Å². The lowest BCUT2D eigenvalue weighted by Gasteiger charge is -2.13. The van der Waals surface area contributed by atoms with Crippen molar-refractivity contribution in [2.24, 2.45) is 0 Å². The summed E-state index contributed by atoms with van der Waals surface area (Å²) in [4.78, 5) is 22.9. The van der Waals surface area contributed by atoms with E-state index in [1.54, 1.807) is 20.0 Å². The van der Waals surface area contributed by atoms with E-state index in [1.165, 1.54) is 0 Å². The van der Waals surface area contributed by atoms with Crippen molar-refractivity contribution in [3.63, 3.8) is 0 Å². The summed E-state index contributed by atoms with van der Waals surface area (Å²) in [5.41, 5.74) is 2.29. The Morgan fingerprint density at radius 2 is 1.67 bits per heavy atom. The molecule has 0 bridgehead atoms. The highest BCUT2D eigenvalue weighted by Crippen LogP contribution is 2.23. The van der Waals surface area contributed by atoms with E-state index in [0.29, 0.717) is 12.1 Å². The van der Waals surface area contributed by atoms with E-state index in [-0.39, 0.29) is 18.4 Å². The number of likely N-dealkylation sites (N-methyl/N-ethyl adjacent to an activating group) is 1. The zero-order valence-electron chi connectivity index (χ0n) is 11.0. The van der Waals surface area contributed by atoms with Crippen LogP contribution < -0.4 is 16.0 Å². The molecule has 0 heterocycles. The van der Waals surface area contributed by atoms with Gasteiger partial charge in [0.1, 0.15) is 0 Å². The van der Waals surface area contributed by atoms with Gasteiger partial charge in [0.05, 0.1) is 6.54 Å². The van der Waals surface area contributed by atoms with Crippen LogP contribution in [0.5, 0.6) is 0 Å². The molecule has 1 aromatic carbocycles. The largest absolute Gasteiger partial charge is 0.326 e. The molecule has 18 heavy (non-hydrogen) atoms. The second-order valence-corrected chi connectivity index (χ2v) is 3.96. The fourth-order valence-corrected chi connectivity index (χ4v) is 1.50. The highest BCUT2D eigenvalue weighted by atomic mass is 16.2. The lowest BCUT2D eigenvalue weighted by atomic mass is 10.1. The Morgan fingerprint density at radius 3 is 2.17 bits per heavy atom. The maximum Gasteiger partial charge on any atom is 0.238 e. The molecule has 1 aromatic rings. The van der Waals surface area contributed by atoms with Crippen LogP contribution >= 0.6 is 0 Å². The van der Waals surface area contributed by atoms with E-state index in [9.17, 15) is 9.59 Å². The maximum atomic E-state index is 11.5. The molecule has 0 aliphatic rings. The van der Waals surface area contributed by atoms with E-state index in [1.807, 2.05) is 19.1 Å². The van der Waals surface area contributed by atoms with Gasteiger partial charge in [0.15, 0.2) is 0 Å². The second-order valence-electron chi connectivity index (χ2n) is 3.96. The van der Waals surface area contributed by atoms with Crippen LogP contribution in [0.1, 0.15) is 18.9 Å². The second kappa shape index (κ2) is 6.76. The van der Waals surface area contributed by atoms with Gasteiger partial charge in [0.2, 0.25) is 11.8 Å². The number of carbonyl (C=O) groups is 2. The van der Waals surface area contributed by atoms with Gasteiger partial charge in [0, 0.05) is 17.8 Å². The molecule has 0 saturated carbocycles. The Morgan fingerprint density at radius 1 is 1.11 bits per heavy atom. The van der Waals surface area contributed by atoms with Crippen LogP contribution in [0.15, 0.2) is 18.2 Å². The number of benzene rings is 1. The molecule has 5 nitrogen and oxygen atoms in total. The average molecular weight is 249 g/mol. The standard InChI is InChI=1S/C13H19N3O2/c1-4-12(17)15-10-6-5-7-11(9(10)2)16-13(18)8-14-3/h5-7,14H,4,8H2,1-3H3,(H,15,17)(H,16,18). The van der Waals surface area contributed by atoms with Crippen molar-refractivity contribution in [1.29, 1.82) is 0 Å². The van der Waals surface area contributed by atoms with Crippen molar-refractivity contribution in [3.8, 4) is 0 Å². The van der Waals surface area contributed by atoms with Gasteiger partial charge in [0.25, 0.3) is 0 Å². The van der Waals surface area contributed by atoms with Gasteiger partial charge in [-0.15, -0.1) is 0 Å². The molecule has 98 valence electrons. The summed E-state index contributed by atoms with van der Waals surface area (Å²) in [6, 6.07) is 5.42. The molecule has 0 fully saturated rings. The number of rotatable bonds is 5. The first kappa shape index (κ1) is 14.2. The zero-order chi connectivity index (χ0) is 13.5. The van der Waals surface area contributed by atoms with Crippen molar-refractivity contribution in [3.05, 3.63) is 23.8 Å². The molecular weight excluding hydrogens is 230 g/mol. The summed E-state index contributed by atoms with van der Waals surface area (Å²) < 4.78 is 0. The molecule has 5 heteroatoms. The van der Waals surface area contributed by atoms with Crippen LogP contribution in [0.3, 0.4) is 0 Å². The first-order valence-corrected chi connectivity index (χ1v) is 5.92. The number of nitrogens with one attached hydrogen (secondary N) is 3. The monoisotopic (exact) mass is 249 g/mol. The first-order chi connectivity index (χ1) is 8.58. The Bertz CT molecular complexity index is 444. The van der Waals surface area contributed by atoms with Gasteiger partial charge in [-0.2, -0.15) is 0 Å². The van der Waals surface area contributed by atoms with Crippen molar-refractivity contribution in [2.45, 2.75) is 20.3 Å². The summed E-state index contributed by atoms with van der Waals surface area (Å²) in [7, 11) is 1.71. The molecule has 0 aliphatic carbocycles. The summed E-state index contributed by atoms with van der Waals surface area (Å²) in [6.45, 7) is 3.91. The van der Waals surface area contributed by atoms with E-state index < -0.39 is 0 Å². The van der Waals surface area contributed by atoms with E-state index in [0.717, 1.165) is 11.3 Å². The Balaban J connectivity index is 2.84. The fourth-order valence-electron chi connectivity index (χ4n) is 1.50. The van der Waals surface area contributed by atoms with Gasteiger partial charge >= 0.3 is 0 Å². The molecule has 0 aliphatic heterocycles. The van der Waals surface area contributed by atoms with E-state index in [2.05, 4.69) is 16.0 Å². The van der Waals surface area contributed by atoms with Crippen LogP contribution in [-0.4, -0.2) is 25.4 Å². The van der Waals surface area contributed by atoms with Crippen LogP contribution in [0, 0.1) is 6.92 Å². The predicted octanol–water partition coefficient (Wildman–Crippen LogP) is 1.50. The summed E-state index contributed by atoms with van der Waals surface area (Å²) in [5, 5.41) is 8.37. The quantitative estimate of drug-likeness (QED) is 0.740. The maximum absolute atomic E-state index is 11.5. The molecule has 0 aromatic heterocycles. The molecule has 0 unspecified atom stereocenters. The minimum absolute atomic E-state index is 0.0446. The molecule has 0 atom stereocenters. The molecule has 3 N–H and O–H groups in total. The van der Waals surface area contributed by atoms with E-state index >= 15 is 0 Å². The molecule has 0 radical (unpaired) electrons. The van der Waals surface area contributed by atoms with Crippen LogP contribution in [0.25, 0.3) is 0 Å². The van der Waals surface area contributed by atoms with Crippen molar-refractivity contribution in [2.75, 3.05) is 24.2 Å². The van der Waals surface area contributed by atoms with Crippen LogP contribution in [0.2, 0.25) is 0 Å². The Kier molecular flexibility index (Phi) is 5.32. The summed E-state index contributed by atoms with van der Waals surface area (Å²) in [5.74, 6) is -0.156. The number of carbonyl (C=O) groups excluding carboxylic acids is 2. The number of amides is 2. The smallest absolute Gasteiger partial charge is 0.238 e. The topological polar surface area (TPSA) is 70.2 Å².